The Morgan fingerprint density at radius 2 is 1.57 bits per heavy atom. The zero-order chi connectivity index (χ0) is 28.7. The van der Waals surface area contributed by atoms with E-state index in [0.29, 0.717) is 6.42 Å². The highest BCUT2D eigenvalue weighted by molar-refractivity contribution is 7.80. The van der Waals surface area contributed by atoms with E-state index >= 15 is 0 Å². The van der Waals surface area contributed by atoms with E-state index in [1.54, 1.807) is 0 Å². The minimum absolute atomic E-state index is 0.114. The van der Waals surface area contributed by atoms with Crippen molar-refractivity contribution >= 4 is 54.2 Å². The Labute approximate surface area is 217 Å². The van der Waals surface area contributed by atoms with Crippen LogP contribution in [0.2, 0.25) is 0 Å². The van der Waals surface area contributed by atoms with E-state index in [0.717, 1.165) is 6.92 Å². The first-order chi connectivity index (χ1) is 17.2. The van der Waals surface area contributed by atoms with E-state index in [4.69, 9.17) is 27.4 Å². The number of hydrogen-bond donors (Lipinski definition) is 11. The number of nitrogens with one attached hydrogen (secondary N) is 4. The Hall–Kier alpha value is -3.64. The fraction of sp³-hybridized carbons (Fsp3) is 0.632. The molecule has 0 unspecified atom stereocenters. The number of carboxylic acid groups (broad SMARTS) is 2. The minimum atomic E-state index is -1.70. The Balaban J connectivity index is 5.10. The van der Waals surface area contributed by atoms with Crippen LogP contribution < -0.4 is 38.5 Å². The number of carbonyl (C=O) groups is 6. The third kappa shape index (κ3) is 13.9. The molecule has 37 heavy (non-hydrogen) atoms. The van der Waals surface area contributed by atoms with Gasteiger partial charge in [0.25, 0.3) is 0 Å². The number of carboxylic acids is 2. The fourth-order valence-corrected chi connectivity index (χ4v) is 2.93. The number of thiol groups is 1. The lowest BCUT2D eigenvalue weighted by Gasteiger charge is -2.25. The summed E-state index contributed by atoms with van der Waals surface area (Å²) < 4.78 is 0. The van der Waals surface area contributed by atoms with E-state index in [9.17, 15) is 33.9 Å². The predicted octanol–water partition coefficient (Wildman–Crippen LogP) is -5.19. The SMILES string of the molecule is C[C@@H](O)[C@H](NC(=O)[C@H](CC(=O)O)NC(=O)CNC(=O)[C@@H](N)CCCN=C(N)N)C(=O)N[C@@H](CS)C(=O)O. The zero-order valence-corrected chi connectivity index (χ0v) is 20.9. The minimum Gasteiger partial charge on any atom is -0.481 e. The van der Waals surface area contributed by atoms with Crippen LogP contribution in [-0.4, -0.2) is 106 Å². The number of aliphatic carboxylic acids is 2. The van der Waals surface area contributed by atoms with Gasteiger partial charge >= 0.3 is 11.9 Å². The van der Waals surface area contributed by atoms with Gasteiger partial charge in [0.05, 0.1) is 25.1 Å². The number of rotatable bonds is 17. The van der Waals surface area contributed by atoms with Crippen molar-refractivity contribution in [1.82, 2.24) is 21.3 Å². The first kappa shape index (κ1) is 33.4. The van der Waals surface area contributed by atoms with E-state index in [2.05, 4.69) is 38.9 Å². The zero-order valence-electron chi connectivity index (χ0n) is 20.0. The molecule has 0 spiro atoms. The van der Waals surface area contributed by atoms with Crippen LogP contribution in [0.5, 0.6) is 0 Å². The van der Waals surface area contributed by atoms with Crippen molar-refractivity contribution in [1.29, 1.82) is 0 Å². The van der Waals surface area contributed by atoms with Gasteiger partial charge < -0.3 is 53.8 Å². The molecule has 0 radical (unpaired) electrons. The maximum atomic E-state index is 12.6. The summed E-state index contributed by atoms with van der Waals surface area (Å²) in [6, 6.07) is -5.80. The highest BCUT2D eigenvalue weighted by Crippen LogP contribution is 2.01. The van der Waals surface area contributed by atoms with Crippen molar-refractivity contribution in [3.8, 4) is 0 Å². The molecule has 5 atom stereocenters. The summed E-state index contributed by atoms with van der Waals surface area (Å²) in [4.78, 5) is 75.3. The highest BCUT2D eigenvalue weighted by atomic mass is 32.1. The molecule has 0 aliphatic rings. The average molecular weight is 551 g/mol. The Bertz CT molecular complexity index is 866. The van der Waals surface area contributed by atoms with Gasteiger partial charge in [-0.15, -0.1) is 0 Å². The van der Waals surface area contributed by atoms with Crippen molar-refractivity contribution in [3.63, 3.8) is 0 Å². The second-order valence-electron chi connectivity index (χ2n) is 7.80. The monoisotopic (exact) mass is 550 g/mol. The topological polar surface area (TPSA) is 302 Å². The molecule has 0 aromatic rings. The van der Waals surface area contributed by atoms with E-state index < -0.39 is 78.8 Å². The van der Waals surface area contributed by atoms with Crippen LogP contribution in [-0.2, 0) is 28.8 Å². The molecule has 0 aliphatic heterocycles. The molecule has 0 aromatic carbocycles. The van der Waals surface area contributed by atoms with Crippen LogP contribution in [0.3, 0.4) is 0 Å². The summed E-state index contributed by atoms with van der Waals surface area (Å²) in [6.07, 6.45) is -1.84. The van der Waals surface area contributed by atoms with Crippen molar-refractivity contribution in [2.45, 2.75) is 56.5 Å². The number of guanidine groups is 1. The molecule has 210 valence electrons. The molecule has 0 aromatic heterocycles. The van der Waals surface area contributed by atoms with Gasteiger partial charge in [-0.25, -0.2) is 4.79 Å². The molecule has 0 saturated heterocycles. The lowest BCUT2D eigenvalue weighted by Crippen LogP contribution is -2.60. The first-order valence-electron chi connectivity index (χ1n) is 10.9. The lowest BCUT2D eigenvalue weighted by atomic mass is 10.1. The van der Waals surface area contributed by atoms with Gasteiger partial charge in [-0.05, 0) is 19.8 Å². The number of carbonyl (C=O) groups excluding carboxylic acids is 4. The largest absolute Gasteiger partial charge is 0.481 e. The Kier molecular flexibility index (Phi) is 15.3. The van der Waals surface area contributed by atoms with Crippen LogP contribution in [0.1, 0.15) is 26.2 Å². The van der Waals surface area contributed by atoms with Crippen LogP contribution in [0.15, 0.2) is 4.99 Å². The molecule has 0 aliphatic carbocycles. The normalized spacial score (nSPS) is 14.6. The number of hydrogen-bond acceptors (Lipinski definition) is 10. The summed E-state index contributed by atoms with van der Waals surface area (Å²) in [6.45, 7) is 0.723. The fourth-order valence-electron chi connectivity index (χ4n) is 2.68. The molecular weight excluding hydrogens is 516 g/mol. The number of nitrogens with zero attached hydrogens (tertiary/aromatic N) is 1. The van der Waals surface area contributed by atoms with Crippen molar-refractivity contribution in [3.05, 3.63) is 0 Å². The quantitative estimate of drug-likeness (QED) is 0.0350. The summed E-state index contributed by atoms with van der Waals surface area (Å²) in [5.74, 6) is -7.16. The van der Waals surface area contributed by atoms with Crippen LogP contribution in [0.25, 0.3) is 0 Å². The number of amides is 4. The Morgan fingerprint density at radius 3 is 2.05 bits per heavy atom. The standard InChI is InChI=1S/C19H34N8O9S/c1-8(28)14(17(34)26-11(7-37)18(35)36)27-16(33)10(5-13(30)31)25-12(29)6-24-15(32)9(20)3-2-4-23-19(21)22/h8-11,14,28,37H,2-7,20H2,1H3,(H,24,32)(H,25,29)(H,26,34)(H,27,33)(H,30,31)(H,35,36)(H4,21,22,23)/t8-,9+,10+,11+,14+/m1/s1. The maximum absolute atomic E-state index is 12.6. The molecule has 17 nitrogen and oxygen atoms in total. The van der Waals surface area contributed by atoms with E-state index in [1.807, 2.05) is 0 Å². The second-order valence-corrected chi connectivity index (χ2v) is 8.17. The number of aliphatic hydroxyl groups excluding tert-OH is 1. The van der Waals surface area contributed by atoms with Gasteiger partial charge in [-0.1, -0.05) is 0 Å². The van der Waals surface area contributed by atoms with Crippen LogP contribution in [0.4, 0.5) is 0 Å². The molecule has 0 fully saturated rings. The van der Waals surface area contributed by atoms with Gasteiger partial charge in [-0.2, -0.15) is 12.6 Å². The number of nitrogens with two attached hydrogens (primary N) is 3. The molecule has 13 N–H and O–H groups in total. The summed E-state index contributed by atoms with van der Waals surface area (Å²) in [5.41, 5.74) is 16.1. The van der Waals surface area contributed by atoms with Crippen molar-refractivity contribution in [2.75, 3.05) is 18.8 Å². The smallest absolute Gasteiger partial charge is 0.327 e. The number of aliphatic imine (C=N–C) groups is 1. The third-order valence-corrected chi connectivity index (χ3v) is 4.98. The van der Waals surface area contributed by atoms with Gasteiger partial charge in [0.1, 0.15) is 18.1 Å². The molecule has 18 heteroatoms. The molecule has 0 rings (SSSR count). The third-order valence-electron chi connectivity index (χ3n) is 4.62. The van der Waals surface area contributed by atoms with Gasteiger partial charge in [-0.3, -0.25) is 29.0 Å². The number of aliphatic hydroxyl groups is 1. The van der Waals surface area contributed by atoms with E-state index in [1.165, 1.54) is 0 Å². The maximum Gasteiger partial charge on any atom is 0.327 e. The molecule has 0 bridgehead atoms. The summed E-state index contributed by atoms with van der Waals surface area (Å²) >= 11 is 3.79. The van der Waals surface area contributed by atoms with Gasteiger partial charge in [0, 0.05) is 12.3 Å². The molecule has 4 amide bonds. The van der Waals surface area contributed by atoms with Crippen molar-refractivity contribution in [2.24, 2.45) is 22.2 Å². The lowest BCUT2D eigenvalue weighted by molar-refractivity contribution is -0.143. The highest BCUT2D eigenvalue weighted by Gasteiger charge is 2.32. The average Bonchev–Trinajstić information content (AvgIpc) is 2.80. The first-order valence-corrected chi connectivity index (χ1v) is 11.5. The van der Waals surface area contributed by atoms with Crippen LogP contribution in [0, 0.1) is 0 Å². The molecule has 0 saturated carbocycles. The summed E-state index contributed by atoms with van der Waals surface area (Å²) in [7, 11) is 0. The van der Waals surface area contributed by atoms with Gasteiger partial charge in [0.2, 0.25) is 23.6 Å². The van der Waals surface area contributed by atoms with Gasteiger partial charge in [0.15, 0.2) is 5.96 Å². The van der Waals surface area contributed by atoms with E-state index in [-0.39, 0.29) is 24.7 Å². The molecule has 0 heterocycles. The Morgan fingerprint density at radius 1 is 0.946 bits per heavy atom. The summed E-state index contributed by atoms with van der Waals surface area (Å²) in [5, 5.41) is 36.5. The molecular formula is C19H34N8O9S. The van der Waals surface area contributed by atoms with Crippen molar-refractivity contribution < 1.29 is 44.1 Å². The predicted molar refractivity (Wildman–Crippen MR) is 132 cm³/mol. The van der Waals surface area contributed by atoms with Crippen LogP contribution >= 0.6 is 12.6 Å². The second kappa shape index (κ2) is 16.9.